The molecule has 1 heterocycles. The van der Waals surface area contributed by atoms with E-state index in [4.69, 9.17) is 11.6 Å². The average molecular weight is 368 g/mol. The number of hydrogen-bond donors (Lipinski definition) is 1. The summed E-state index contributed by atoms with van der Waals surface area (Å²) >= 11 is 5.83. The molecule has 128 valence electrons. The second-order valence-electron chi connectivity index (χ2n) is 5.45. The zero-order valence-corrected chi connectivity index (χ0v) is 15.1. The topological polar surface area (TPSA) is 79.4 Å². The van der Waals surface area contributed by atoms with Crippen molar-refractivity contribution < 1.29 is 13.2 Å². The average Bonchev–Trinajstić information content (AvgIpc) is 2.54. The molecule has 0 spiro atoms. The molecule has 0 aliphatic heterocycles. The second kappa shape index (κ2) is 7.29. The molecule has 1 aromatic heterocycles. The number of nitrogens with zero attached hydrogens (tertiary/aromatic N) is 2. The number of sulfonamides is 1. The van der Waals surface area contributed by atoms with Crippen molar-refractivity contribution >= 4 is 33.2 Å². The van der Waals surface area contributed by atoms with E-state index < -0.39 is 15.9 Å². The van der Waals surface area contributed by atoms with E-state index in [1.54, 1.807) is 19.9 Å². The number of amides is 1. The van der Waals surface area contributed by atoms with Crippen LogP contribution in [0, 0.1) is 0 Å². The molecule has 6 nitrogen and oxygen atoms in total. The molecule has 2 aromatic rings. The molecular formula is C16H18ClN3O3S. The van der Waals surface area contributed by atoms with Gasteiger partial charge in [0.05, 0.1) is 4.90 Å². The predicted octanol–water partition coefficient (Wildman–Crippen LogP) is 3.02. The van der Waals surface area contributed by atoms with Gasteiger partial charge in [0.1, 0.15) is 5.69 Å². The molecule has 1 amide bonds. The van der Waals surface area contributed by atoms with E-state index in [1.165, 1.54) is 47.9 Å². The van der Waals surface area contributed by atoms with E-state index in [1.807, 2.05) is 0 Å². The highest BCUT2D eigenvalue weighted by Gasteiger charge is 2.22. The third-order valence-electron chi connectivity index (χ3n) is 3.47. The number of anilines is 1. The molecule has 8 heteroatoms. The van der Waals surface area contributed by atoms with Crippen molar-refractivity contribution in [3.8, 4) is 0 Å². The third-order valence-corrected chi connectivity index (χ3v) is 5.75. The van der Waals surface area contributed by atoms with E-state index in [0.29, 0.717) is 10.7 Å². The normalized spacial score (nSPS) is 11.8. The van der Waals surface area contributed by atoms with Crippen molar-refractivity contribution in [1.29, 1.82) is 0 Å². The van der Waals surface area contributed by atoms with Gasteiger partial charge in [-0.3, -0.25) is 9.78 Å². The first kappa shape index (κ1) is 18.4. The Labute approximate surface area is 146 Å². The van der Waals surface area contributed by atoms with Crippen LogP contribution in [0.15, 0.2) is 47.5 Å². The zero-order chi connectivity index (χ0) is 17.9. The molecule has 0 saturated carbocycles. The maximum Gasteiger partial charge on any atom is 0.274 e. The Hall–Kier alpha value is -1.96. The van der Waals surface area contributed by atoms with Gasteiger partial charge in [-0.25, -0.2) is 8.42 Å². The lowest BCUT2D eigenvalue weighted by Gasteiger charge is -2.21. The van der Waals surface area contributed by atoms with Gasteiger partial charge in [-0.1, -0.05) is 11.6 Å². The molecule has 1 aromatic carbocycles. The summed E-state index contributed by atoms with van der Waals surface area (Å²) < 4.78 is 26.0. The van der Waals surface area contributed by atoms with Crippen LogP contribution in [0.2, 0.25) is 5.02 Å². The Balaban J connectivity index is 2.17. The summed E-state index contributed by atoms with van der Waals surface area (Å²) in [5, 5.41) is 3.06. The van der Waals surface area contributed by atoms with Crippen LogP contribution in [0.5, 0.6) is 0 Å². The van der Waals surface area contributed by atoms with Crippen LogP contribution in [0.1, 0.15) is 24.3 Å². The Morgan fingerprint density at radius 2 is 1.83 bits per heavy atom. The molecule has 24 heavy (non-hydrogen) atoms. The van der Waals surface area contributed by atoms with Gasteiger partial charge in [0.2, 0.25) is 10.0 Å². The maximum atomic E-state index is 12.4. The van der Waals surface area contributed by atoms with Crippen LogP contribution in [-0.4, -0.2) is 36.7 Å². The van der Waals surface area contributed by atoms with Gasteiger partial charge < -0.3 is 5.32 Å². The Morgan fingerprint density at radius 1 is 1.21 bits per heavy atom. The number of rotatable bonds is 5. The van der Waals surface area contributed by atoms with E-state index in [0.717, 1.165) is 0 Å². The number of pyridine rings is 1. The van der Waals surface area contributed by atoms with Gasteiger partial charge >= 0.3 is 0 Å². The minimum absolute atomic E-state index is 0.150. The first-order valence-corrected chi connectivity index (χ1v) is 9.04. The summed E-state index contributed by atoms with van der Waals surface area (Å²) in [6.07, 6.45) is 1.44. The minimum Gasteiger partial charge on any atom is -0.321 e. The lowest BCUT2D eigenvalue weighted by Crippen LogP contribution is -2.33. The molecule has 1 N–H and O–H groups in total. The number of hydrogen-bond acceptors (Lipinski definition) is 4. The molecular weight excluding hydrogens is 350 g/mol. The standard InChI is InChI=1S/C16H18ClN3O3S/c1-11(2)20(3)24(22,23)14-6-4-13(5-7-14)19-16(21)15-10-12(17)8-9-18-15/h4-11H,1-3H3,(H,19,21). The van der Waals surface area contributed by atoms with Crippen LogP contribution < -0.4 is 5.32 Å². The number of halogens is 1. The highest BCUT2D eigenvalue weighted by molar-refractivity contribution is 7.89. The number of benzene rings is 1. The molecule has 0 bridgehead atoms. The van der Waals surface area contributed by atoms with Gasteiger partial charge in [0.25, 0.3) is 5.91 Å². The molecule has 0 radical (unpaired) electrons. The van der Waals surface area contributed by atoms with Crippen LogP contribution in [0.3, 0.4) is 0 Å². The summed E-state index contributed by atoms with van der Waals surface area (Å²) in [6.45, 7) is 3.59. The fourth-order valence-corrected chi connectivity index (χ4v) is 3.41. The summed E-state index contributed by atoms with van der Waals surface area (Å²) in [5.74, 6) is -0.424. The molecule has 0 aliphatic rings. The molecule has 0 saturated heterocycles. The van der Waals surface area contributed by atoms with Crippen molar-refractivity contribution in [3.05, 3.63) is 53.3 Å². The van der Waals surface area contributed by atoms with Gasteiger partial charge in [-0.2, -0.15) is 4.31 Å². The fraction of sp³-hybridized carbons (Fsp3) is 0.250. The maximum absolute atomic E-state index is 12.4. The van der Waals surface area contributed by atoms with Crippen LogP contribution >= 0.6 is 11.6 Å². The van der Waals surface area contributed by atoms with Crippen LogP contribution in [0.4, 0.5) is 5.69 Å². The number of nitrogens with one attached hydrogen (secondary N) is 1. The Morgan fingerprint density at radius 3 is 2.38 bits per heavy atom. The molecule has 2 rings (SSSR count). The van der Waals surface area contributed by atoms with Gasteiger partial charge in [0, 0.05) is 30.0 Å². The minimum atomic E-state index is -3.55. The van der Waals surface area contributed by atoms with E-state index in [-0.39, 0.29) is 16.6 Å². The Kier molecular flexibility index (Phi) is 5.58. The van der Waals surface area contributed by atoms with Gasteiger partial charge in [-0.05, 0) is 50.2 Å². The highest BCUT2D eigenvalue weighted by Crippen LogP contribution is 2.19. The van der Waals surface area contributed by atoms with Crippen LogP contribution in [0.25, 0.3) is 0 Å². The summed E-state index contributed by atoms with van der Waals surface area (Å²) in [6, 6.07) is 8.84. The van der Waals surface area contributed by atoms with Crippen molar-refractivity contribution in [2.75, 3.05) is 12.4 Å². The van der Waals surface area contributed by atoms with Crippen molar-refractivity contribution in [3.63, 3.8) is 0 Å². The third kappa shape index (κ3) is 4.11. The number of carbonyl (C=O) groups excluding carboxylic acids is 1. The quantitative estimate of drug-likeness (QED) is 0.880. The predicted molar refractivity (Wildman–Crippen MR) is 93.7 cm³/mol. The summed E-state index contributed by atoms with van der Waals surface area (Å²) in [7, 11) is -2.02. The summed E-state index contributed by atoms with van der Waals surface area (Å²) in [4.78, 5) is 16.2. The monoisotopic (exact) mass is 367 g/mol. The van der Waals surface area contributed by atoms with Crippen molar-refractivity contribution in [2.24, 2.45) is 0 Å². The van der Waals surface area contributed by atoms with Gasteiger partial charge in [-0.15, -0.1) is 0 Å². The van der Waals surface area contributed by atoms with E-state index in [2.05, 4.69) is 10.3 Å². The zero-order valence-electron chi connectivity index (χ0n) is 13.5. The van der Waals surface area contributed by atoms with Gasteiger partial charge in [0.15, 0.2) is 0 Å². The van der Waals surface area contributed by atoms with Crippen molar-refractivity contribution in [2.45, 2.75) is 24.8 Å². The van der Waals surface area contributed by atoms with Crippen molar-refractivity contribution in [1.82, 2.24) is 9.29 Å². The second-order valence-corrected chi connectivity index (χ2v) is 7.89. The SMILES string of the molecule is CC(C)N(C)S(=O)(=O)c1ccc(NC(=O)c2cc(Cl)ccn2)cc1. The highest BCUT2D eigenvalue weighted by atomic mass is 35.5. The molecule has 0 aliphatic carbocycles. The first-order valence-electron chi connectivity index (χ1n) is 7.23. The first-order chi connectivity index (χ1) is 11.2. The largest absolute Gasteiger partial charge is 0.321 e. The van der Waals surface area contributed by atoms with E-state index in [9.17, 15) is 13.2 Å². The molecule has 0 unspecified atom stereocenters. The smallest absolute Gasteiger partial charge is 0.274 e. The summed E-state index contributed by atoms with van der Waals surface area (Å²) in [5.41, 5.74) is 0.645. The molecule has 0 atom stereocenters. The van der Waals surface area contributed by atoms with Crippen LogP contribution in [-0.2, 0) is 10.0 Å². The fourth-order valence-electron chi connectivity index (χ4n) is 1.88. The number of carbonyl (C=O) groups is 1. The molecule has 0 fully saturated rings. The van der Waals surface area contributed by atoms with E-state index >= 15 is 0 Å². The Bertz CT molecular complexity index is 836. The lowest BCUT2D eigenvalue weighted by molar-refractivity contribution is 0.102. The number of aromatic nitrogens is 1. The lowest BCUT2D eigenvalue weighted by atomic mass is 10.3.